The minimum absolute atomic E-state index is 0.0647. The van der Waals surface area contributed by atoms with E-state index in [1.807, 2.05) is 60.0 Å². The van der Waals surface area contributed by atoms with Crippen LogP contribution in [0.3, 0.4) is 0 Å². The number of halogens is 1. The monoisotopic (exact) mass is 445 g/mol. The van der Waals surface area contributed by atoms with Gasteiger partial charge in [0.1, 0.15) is 0 Å². The zero-order chi connectivity index (χ0) is 19.2. The second-order valence-corrected chi connectivity index (χ2v) is 7.74. The minimum atomic E-state index is -0.169. The Hall–Kier alpha value is -2.31. The van der Waals surface area contributed by atoms with Crippen LogP contribution < -0.4 is 14.8 Å². The molecular formula is C21H20BrNO3S. The summed E-state index contributed by atoms with van der Waals surface area (Å²) in [7, 11) is 3.17. The maximum atomic E-state index is 12.8. The molecule has 3 rings (SSSR count). The topological polar surface area (TPSA) is 47.6 Å². The van der Waals surface area contributed by atoms with Crippen LogP contribution in [0.1, 0.15) is 22.0 Å². The van der Waals surface area contributed by atoms with E-state index in [-0.39, 0.29) is 18.4 Å². The molecule has 0 saturated heterocycles. The first-order chi connectivity index (χ1) is 13.1. The predicted molar refractivity (Wildman–Crippen MR) is 112 cm³/mol. The van der Waals surface area contributed by atoms with Crippen molar-refractivity contribution in [1.82, 2.24) is 5.32 Å². The van der Waals surface area contributed by atoms with Gasteiger partial charge >= 0.3 is 0 Å². The molecule has 1 unspecified atom stereocenters. The Morgan fingerprint density at radius 3 is 2.41 bits per heavy atom. The van der Waals surface area contributed by atoms with Crippen molar-refractivity contribution >= 4 is 33.2 Å². The van der Waals surface area contributed by atoms with Gasteiger partial charge in [-0.25, -0.2) is 0 Å². The molecule has 3 aromatic rings. The highest BCUT2D eigenvalue weighted by atomic mass is 79.9. The summed E-state index contributed by atoms with van der Waals surface area (Å²) in [6.07, 6.45) is 0.232. The van der Waals surface area contributed by atoms with Gasteiger partial charge in [0, 0.05) is 9.35 Å². The van der Waals surface area contributed by atoms with Crippen LogP contribution in [0.15, 0.2) is 64.5 Å². The fourth-order valence-corrected chi connectivity index (χ4v) is 4.10. The molecule has 1 heterocycles. The molecule has 0 fully saturated rings. The Labute approximate surface area is 171 Å². The van der Waals surface area contributed by atoms with Gasteiger partial charge in [-0.15, -0.1) is 11.3 Å². The first-order valence-electron chi connectivity index (χ1n) is 8.40. The van der Waals surface area contributed by atoms with Crippen LogP contribution in [0.4, 0.5) is 0 Å². The largest absolute Gasteiger partial charge is 0.493 e. The summed E-state index contributed by atoms with van der Waals surface area (Å²) in [5.74, 6) is 1.15. The number of amides is 1. The van der Waals surface area contributed by atoms with Gasteiger partial charge in [0.2, 0.25) is 5.91 Å². The second kappa shape index (κ2) is 9.06. The van der Waals surface area contributed by atoms with Crippen molar-refractivity contribution in [2.75, 3.05) is 14.2 Å². The van der Waals surface area contributed by atoms with E-state index in [2.05, 4.69) is 21.2 Å². The van der Waals surface area contributed by atoms with Gasteiger partial charge in [-0.2, -0.15) is 0 Å². The molecule has 1 amide bonds. The molecule has 2 aromatic carbocycles. The zero-order valence-electron chi connectivity index (χ0n) is 15.1. The SMILES string of the molecule is COc1cc(Br)c(CC(=O)NC(c2ccccc2)c2cccs2)cc1OC. The van der Waals surface area contributed by atoms with Crippen LogP contribution in [0.5, 0.6) is 11.5 Å². The molecular weight excluding hydrogens is 426 g/mol. The van der Waals surface area contributed by atoms with Crippen LogP contribution in [0.2, 0.25) is 0 Å². The summed E-state index contributed by atoms with van der Waals surface area (Å²) in [5.41, 5.74) is 1.89. The summed E-state index contributed by atoms with van der Waals surface area (Å²) in [4.78, 5) is 13.9. The molecule has 4 nitrogen and oxygen atoms in total. The summed E-state index contributed by atoms with van der Waals surface area (Å²) in [5, 5.41) is 5.17. The quantitative estimate of drug-likeness (QED) is 0.557. The second-order valence-electron chi connectivity index (χ2n) is 5.90. The Morgan fingerprint density at radius 2 is 1.78 bits per heavy atom. The van der Waals surface area contributed by atoms with E-state index < -0.39 is 0 Å². The molecule has 140 valence electrons. The number of thiophene rings is 1. The van der Waals surface area contributed by atoms with Gasteiger partial charge in [-0.05, 0) is 34.7 Å². The molecule has 0 aliphatic rings. The third-order valence-corrected chi connectivity index (χ3v) is 5.84. The van der Waals surface area contributed by atoms with Crippen molar-refractivity contribution in [3.63, 3.8) is 0 Å². The number of carbonyl (C=O) groups excluding carboxylic acids is 1. The lowest BCUT2D eigenvalue weighted by Gasteiger charge is -2.19. The van der Waals surface area contributed by atoms with Crippen LogP contribution in [0.25, 0.3) is 0 Å². The average Bonchev–Trinajstić information content (AvgIpc) is 3.22. The van der Waals surface area contributed by atoms with Gasteiger partial charge in [-0.3, -0.25) is 4.79 Å². The Balaban J connectivity index is 1.81. The van der Waals surface area contributed by atoms with Gasteiger partial charge in [0.05, 0.1) is 26.7 Å². The molecule has 0 aliphatic heterocycles. The lowest BCUT2D eigenvalue weighted by atomic mass is 10.0. The molecule has 1 atom stereocenters. The number of hydrogen-bond donors (Lipinski definition) is 1. The lowest BCUT2D eigenvalue weighted by Crippen LogP contribution is -2.30. The summed E-state index contributed by atoms with van der Waals surface area (Å²) in [6, 6.07) is 17.5. The van der Waals surface area contributed by atoms with Gasteiger partial charge in [0.25, 0.3) is 0 Å². The van der Waals surface area contributed by atoms with E-state index in [0.29, 0.717) is 11.5 Å². The Bertz CT molecular complexity index is 897. The highest BCUT2D eigenvalue weighted by molar-refractivity contribution is 9.10. The van der Waals surface area contributed by atoms with Gasteiger partial charge < -0.3 is 14.8 Å². The number of ether oxygens (including phenoxy) is 2. The standard InChI is InChI=1S/C21H20BrNO3S/c1-25-17-11-15(16(22)13-18(17)26-2)12-20(24)23-21(19-9-6-10-27-19)14-7-4-3-5-8-14/h3-11,13,21H,12H2,1-2H3,(H,23,24). The number of benzene rings is 2. The number of hydrogen-bond acceptors (Lipinski definition) is 4. The minimum Gasteiger partial charge on any atom is -0.493 e. The maximum Gasteiger partial charge on any atom is 0.225 e. The highest BCUT2D eigenvalue weighted by Gasteiger charge is 2.19. The van der Waals surface area contributed by atoms with Crippen molar-refractivity contribution < 1.29 is 14.3 Å². The fraction of sp³-hybridized carbons (Fsp3) is 0.190. The normalized spacial score (nSPS) is 11.7. The van der Waals surface area contributed by atoms with Crippen LogP contribution in [-0.2, 0) is 11.2 Å². The van der Waals surface area contributed by atoms with Gasteiger partial charge in [0.15, 0.2) is 11.5 Å². The third-order valence-electron chi connectivity index (χ3n) is 4.17. The molecule has 0 spiro atoms. The van der Waals surface area contributed by atoms with E-state index in [1.165, 1.54) is 0 Å². The van der Waals surface area contributed by atoms with E-state index in [0.717, 1.165) is 20.5 Å². The van der Waals surface area contributed by atoms with Crippen LogP contribution in [0, 0.1) is 0 Å². The summed E-state index contributed by atoms with van der Waals surface area (Å²) < 4.78 is 11.4. The molecule has 6 heteroatoms. The molecule has 0 radical (unpaired) electrons. The fourth-order valence-electron chi connectivity index (χ4n) is 2.84. The number of carbonyl (C=O) groups is 1. The lowest BCUT2D eigenvalue weighted by molar-refractivity contribution is -0.120. The van der Waals surface area contributed by atoms with Crippen molar-refractivity contribution in [2.45, 2.75) is 12.5 Å². The third kappa shape index (κ3) is 4.70. The molecule has 1 N–H and O–H groups in total. The Kier molecular flexibility index (Phi) is 6.53. The smallest absolute Gasteiger partial charge is 0.225 e. The Morgan fingerprint density at radius 1 is 1.07 bits per heavy atom. The number of methoxy groups -OCH3 is 2. The van der Waals surface area contributed by atoms with E-state index in [4.69, 9.17) is 9.47 Å². The first kappa shape index (κ1) is 19.5. The summed E-state index contributed by atoms with van der Waals surface area (Å²) in [6.45, 7) is 0. The summed E-state index contributed by atoms with van der Waals surface area (Å²) >= 11 is 5.14. The van der Waals surface area contributed by atoms with Gasteiger partial charge in [-0.1, -0.05) is 52.3 Å². The van der Waals surface area contributed by atoms with E-state index >= 15 is 0 Å². The number of rotatable bonds is 7. The molecule has 27 heavy (non-hydrogen) atoms. The van der Waals surface area contributed by atoms with Crippen molar-refractivity contribution in [3.8, 4) is 11.5 Å². The molecule has 0 aliphatic carbocycles. The predicted octanol–water partition coefficient (Wildman–Crippen LogP) is 4.98. The van der Waals surface area contributed by atoms with Crippen LogP contribution >= 0.6 is 27.3 Å². The zero-order valence-corrected chi connectivity index (χ0v) is 17.5. The average molecular weight is 446 g/mol. The van der Waals surface area contributed by atoms with Crippen molar-refractivity contribution in [2.24, 2.45) is 0 Å². The van der Waals surface area contributed by atoms with E-state index in [1.54, 1.807) is 25.6 Å². The number of nitrogens with one attached hydrogen (secondary N) is 1. The first-order valence-corrected chi connectivity index (χ1v) is 10.1. The van der Waals surface area contributed by atoms with Crippen molar-refractivity contribution in [1.29, 1.82) is 0 Å². The van der Waals surface area contributed by atoms with E-state index in [9.17, 15) is 4.79 Å². The highest BCUT2D eigenvalue weighted by Crippen LogP contribution is 2.34. The van der Waals surface area contributed by atoms with Crippen LogP contribution in [-0.4, -0.2) is 20.1 Å². The molecule has 0 bridgehead atoms. The molecule has 0 saturated carbocycles. The molecule has 1 aromatic heterocycles. The van der Waals surface area contributed by atoms with Crippen molar-refractivity contribution in [3.05, 3.63) is 80.5 Å². The maximum absolute atomic E-state index is 12.8.